The first kappa shape index (κ1) is 13.2. The van der Waals surface area contributed by atoms with Crippen LogP contribution in [0.2, 0.25) is 0 Å². The smallest absolute Gasteiger partial charge is 0.125 e. The highest BCUT2D eigenvalue weighted by Gasteiger charge is 2.20. The van der Waals surface area contributed by atoms with Crippen LogP contribution in [0.25, 0.3) is 0 Å². The van der Waals surface area contributed by atoms with Crippen molar-refractivity contribution in [3.8, 4) is 5.75 Å². The SMILES string of the molecule is CNC(C)c1c(OC)cccc1N1CCCCC1. The van der Waals surface area contributed by atoms with Crippen LogP contribution in [0, 0.1) is 0 Å². The van der Waals surface area contributed by atoms with E-state index in [1.54, 1.807) is 7.11 Å². The summed E-state index contributed by atoms with van der Waals surface area (Å²) in [5.41, 5.74) is 2.61. The Hall–Kier alpha value is -1.22. The zero-order chi connectivity index (χ0) is 13.0. The van der Waals surface area contributed by atoms with Crippen LogP contribution in [0.3, 0.4) is 0 Å². The van der Waals surface area contributed by atoms with Gasteiger partial charge in [-0.1, -0.05) is 6.07 Å². The predicted octanol–water partition coefficient (Wildman–Crippen LogP) is 2.97. The molecule has 1 heterocycles. The third-order valence-corrected chi connectivity index (χ3v) is 3.83. The lowest BCUT2D eigenvalue weighted by Gasteiger charge is -2.32. The minimum absolute atomic E-state index is 0.304. The van der Waals surface area contributed by atoms with Crippen molar-refractivity contribution < 1.29 is 4.74 Å². The van der Waals surface area contributed by atoms with Crippen LogP contribution in [-0.2, 0) is 0 Å². The summed E-state index contributed by atoms with van der Waals surface area (Å²) < 4.78 is 5.53. The molecule has 1 aromatic carbocycles. The number of nitrogens with zero attached hydrogens (tertiary/aromatic N) is 1. The zero-order valence-corrected chi connectivity index (χ0v) is 11.7. The van der Waals surface area contributed by atoms with Crippen molar-refractivity contribution in [2.75, 3.05) is 32.1 Å². The van der Waals surface area contributed by atoms with Crippen LogP contribution in [0.4, 0.5) is 5.69 Å². The Morgan fingerprint density at radius 3 is 2.56 bits per heavy atom. The van der Waals surface area contributed by atoms with Gasteiger partial charge in [0.25, 0.3) is 0 Å². The summed E-state index contributed by atoms with van der Waals surface area (Å²) in [6.07, 6.45) is 3.95. The second kappa shape index (κ2) is 6.10. The monoisotopic (exact) mass is 248 g/mol. The van der Waals surface area contributed by atoms with E-state index in [0.717, 1.165) is 18.8 Å². The highest BCUT2D eigenvalue weighted by atomic mass is 16.5. The Morgan fingerprint density at radius 1 is 1.22 bits per heavy atom. The van der Waals surface area contributed by atoms with Gasteiger partial charge in [0.15, 0.2) is 0 Å². The maximum atomic E-state index is 5.53. The molecule has 1 unspecified atom stereocenters. The molecule has 0 aromatic heterocycles. The number of methoxy groups -OCH3 is 1. The number of benzene rings is 1. The van der Waals surface area contributed by atoms with Crippen LogP contribution < -0.4 is 15.0 Å². The van der Waals surface area contributed by atoms with Gasteiger partial charge in [0.2, 0.25) is 0 Å². The molecule has 3 heteroatoms. The summed E-state index contributed by atoms with van der Waals surface area (Å²) >= 11 is 0. The van der Waals surface area contributed by atoms with Crippen molar-refractivity contribution in [1.82, 2.24) is 5.32 Å². The van der Waals surface area contributed by atoms with Gasteiger partial charge in [-0.3, -0.25) is 0 Å². The molecule has 1 saturated heterocycles. The molecular formula is C15H24N2O. The van der Waals surface area contributed by atoms with E-state index in [-0.39, 0.29) is 0 Å². The van der Waals surface area contributed by atoms with Gasteiger partial charge in [-0.05, 0) is 45.4 Å². The second-order valence-corrected chi connectivity index (χ2v) is 4.95. The molecule has 0 saturated carbocycles. The predicted molar refractivity (Wildman–Crippen MR) is 76.5 cm³/mol. The molecule has 1 aliphatic heterocycles. The van der Waals surface area contributed by atoms with E-state index >= 15 is 0 Å². The third kappa shape index (κ3) is 2.61. The fourth-order valence-corrected chi connectivity index (χ4v) is 2.70. The van der Waals surface area contributed by atoms with Crippen LogP contribution in [0.1, 0.15) is 37.8 Å². The molecule has 100 valence electrons. The first-order chi connectivity index (χ1) is 8.77. The van der Waals surface area contributed by atoms with E-state index in [4.69, 9.17) is 4.74 Å². The Kier molecular flexibility index (Phi) is 4.48. The Balaban J connectivity index is 2.38. The average molecular weight is 248 g/mol. The molecule has 0 bridgehead atoms. The number of piperidine rings is 1. The molecule has 0 amide bonds. The molecule has 1 N–H and O–H groups in total. The van der Waals surface area contributed by atoms with Gasteiger partial charge in [-0.15, -0.1) is 0 Å². The number of anilines is 1. The summed E-state index contributed by atoms with van der Waals surface area (Å²) in [6.45, 7) is 4.51. The van der Waals surface area contributed by atoms with E-state index < -0.39 is 0 Å². The van der Waals surface area contributed by atoms with E-state index in [0.29, 0.717) is 6.04 Å². The molecule has 0 radical (unpaired) electrons. The number of rotatable bonds is 4. The Bertz CT molecular complexity index is 386. The molecular weight excluding hydrogens is 224 g/mol. The number of nitrogens with one attached hydrogen (secondary N) is 1. The summed E-state index contributed by atoms with van der Waals surface area (Å²) in [6, 6.07) is 6.67. The van der Waals surface area contributed by atoms with Gasteiger partial charge >= 0.3 is 0 Å². The molecule has 3 nitrogen and oxygen atoms in total. The largest absolute Gasteiger partial charge is 0.496 e. The third-order valence-electron chi connectivity index (χ3n) is 3.83. The van der Waals surface area contributed by atoms with Crippen molar-refractivity contribution in [2.24, 2.45) is 0 Å². The van der Waals surface area contributed by atoms with E-state index in [1.807, 2.05) is 7.05 Å². The molecule has 1 fully saturated rings. The quantitative estimate of drug-likeness (QED) is 0.886. The van der Waals surface area contributed by atoms with E-state index in [2.05, 4.69) is 35.3 Å². The maximum absolute atomic E-state index is 5.53. The van der Waals surface area contributed by atoms with Gasteiger partial charge in [0.1, 0.15) is 5.75 Å². The minimum atomic E-state index is 0.304. The molecule has 1 aromatic rings. The van der Waals surface area contributed by atoms with Crippen molar-refractivity contribution >= 4 is 5.69 Å². The highest BCUT2D eigenvalue weighted by Crippen LogP contribution is 2.35. The van der Waals surface area contributed by atoms with Gasteiger partial charge < -0.3 is 15.0 Å². The lowest BCUT2D eigenvalue weighted by molar-refractivity contribution is 0.403. The topological polar surface area (TPSA) is 24.5 Å². The van der Waals surface area contributed by atoms with Crippen molar-refractivity contribution in [1.29, 1.82) is 0 Å². The van der Waals surface area contributed by atoms with Crippen LogP contribution in [-0.4, -0.2) is 27.2 Å². The second-order valence-electron chi connectivity index (χ2n) is 4.95. The van der Waals surface area contributed by atoms with Crippen LogP contribution >= 0.6 is 0 Å². The fraction of sp³-hybridized carbons (Fsp3) is 0.600. The van der Waals surface area contributed by atoms with Crippen molar-refractivity contribution in [2.45, 2.75) is 32.2 Å². The number of ether oxygens (including phenoxy) is 1. The van der Waals surface area contributed by atoms with Gasteiger partial charge in [0, 0.05) is 30.4 Å². The van der Waals surface area contributed by atoms with E-state index in [9.17, 15) is 0 Å². The lowest BCUT2D eigenvalue weighted by Crippen LogP contribution is -2.31. The average Bonchev–Trinajstić information content (AvgIpc) is 2.46. The lowest BCUT2D eigenvalue weighted by atomic mass is 10.0. The maximum Gasteiger partial charge on any atom is 0.125 e. The molecule has 18 heavy (non-hydrogen) atoms. The molecule has 1 aliphatic rings. The Morgan fingerprint density at radius 2 is 1.94 bits per heavy atom. The summed E-state index contributed by atoms with van der Waals surface area (Å²) in [5, 5.41) is 3.33. The Labute approximate surface area is 110 Å². The molecule has 2 rings (SSSR count). The normalized spacial score (nSPS) is 17.6. The standard InChI is InChI=1S/C15H24N2O/c1-12(16-2)15-13(8-7-9-14(15)18-3)17-10-5-4-6-11-17/h7-9,12,16H,4-6,10-11H2,1-3H3. The zero-order valence-electron chi connectivity index (χ0n) is 11.7. The van der Waals surface area contributed by atoms with Crippen LogP contribution in [0.5, 0.6) is 5.75 Å². The molecule has 0 spiro atoms. The number of hydrogen-bond donors (Lipinski definition) is 1. The van der Waals surface area contributed by atoms with Gasteiger partial charge in [0.05, 0.1) is 7.11 Å². The van der Waals surface area contributed by atoms with Crippen molar-refractivity contribution in [3.05, 3.63) is 23.8 Å². The molecule has 0 aliphatic carbocycles. The highest BCUT2D eigenvalue weighted by molar-refractivity contribution is 5.61. The van der Waals surface area contributed by atoms with Gasteiger partial charge in [-0.25, -0.2) is 0 Å². The van der Waals surface area contributed by atoms with Crippen molar-refractivity contribution in [3.63, 3.8) is 0 Å². The minimum Gasteiger partial charge on any atom is -0.496 e. The summed E-state index contributed by atoms with van der Waals surface area (Å²) in [7, 11) is 3.75. The summed E-state index contributed by atoms with van der Waals surface area (Å²) in [4.78, 5) is 2.50. The summed E-state index contributed by atoms with van der Waals surface area (Å²) in [5.74, 6) is 0.986. The van der Waals surface area contributed by atoms with Crippen LogP contribution in [0.15, 0.2) is 18.2 Å². The molecule has 1 atom stereocenters. The first-order valence-corrected chi connectivity index (χ1v) is 6.87. The van der Waals surface area contributed by atoms with E-state index in [1.165, 1.54) is 30.5 Å². The van der Waals surface area contributed by atoms with Gasteiger partial charge in [-0.2, -0.15) is 0 Å². The fourth-order valence-electron chi connectivity index (χ4n) is 2.70. The number of hydrogen-bond acceptors (Lipinski definition) is 3. The first-order valence-electron chi connectivity index (χ1n) is 6.87.